The molecular weight excluding hydrogens is 370 g/mol. The van der Waals surface area contributed by atoms with Gasteiger partial charge in [0.15, 0.2) is 5.13 Å². The minimum atomic E-state index is 0.0195. The van der Waals surface area contributed by atoms with Gasteiger partial charge in [0.2, 0.25) is 5.91 Å². The molecule has 1 amide bonds. The van der Waals surface area contributed by atoms with E-state index < -0.39 is 0 Å². The maximum Gasteiger partial charge on any atom is 0.224 e. The summed E-state index contributed by atoms with van der Waals surface area (Å²) in [5.74, 6) is 1.02. The van der Waals surface area contributed by atoms with Crippen LogP contribution in [0.3, 0.4) is 0 Å². The van der Waals surface area contributed by atoms with Crippen LogP contribution in [0.1, 0.15) is 18.4 Å². The Hall–Kier alpha value is -2.60. The lowest BCUT2D eigenvalue weighted by molar-refractivity contribution is -0.125. The van der Waals surface area contributed by atoms with Gasteiger partial charge in [-0.2, -0.15) is 0 Å². The van der Waals surface area contributed by atoms with Crippen LogP contribution in [-0.4, -0.2) is 37.6 Å². The lowest BCUT2D eigenvalue weighted by Crippen LogP contribution is -2.43. The van der Waals surface area contributed by atoms with E-state index in [2.05, 4.69) is 22.3 Å². The van der Waals surface area contributed by atoms with Gasteiger partial charge in [0.1, 0.15) is 5.75 Å². The number of piperidine rings is 1. The predicted molar refractivity (Wildman–Crippen MR) is 114 cm³/mol. The highest BCUT2D eigenvalue weighted by Crippen LogP contribution is 2.31. The molecule has 2 aromatic carbocycles. The minimum absolute atomic E-state index is 0.0195. The van der Waals surface area contributed by atoms with Gasteiger partial charge in [-0.3, -0.25) is 4.79 Å². The average Bonchev–Trinajstić information content (AvgIpc) is 3.18. The monoisotopic (exact) mass is 395 g/mol. The first-order valence-electron chi connectivity index (χ1n) is 9.74. The van der Waals surface area contributed by atoms with Gasteiger partial charge in [-0.1, -0.05) is 35.6 Å². The molecule has 0 aliphatic carbocycles. The van der Waals surface area contributed by atoms with E-state index in [0.29, 0.717) is 6.54 Å². The van der Waals surface area contributed by atoms with E-state index in [1.807, 2.05) is 36.4 Å². The van der Waals surface area contributed by atoms with Crippen LogP contribution in [-0.2, 0) is 11.2 Å². The first-order valence-corrected chi connectivity index (χ1v) is 10.6. The number of anilines is 1. The Kier molecular flexibility index (Phi) is 5.76. The van der Waals surface area contributed by atoms with Gasteiger partial charge in [0.25, 0.3) is 0 Å². The first-order chi connectivity index (χ1) is 13.7. The van der Waals surface area contributed by atoms with E-state index >= 15 is 0 Å². The van der Waals surface area contributed by atoms with Crippen molar-refractivity contribution in [1.29, 1.82) is 0 Å². The van der Waals surface area contributed by atoms with Crippen LogP contribution < -0.4 is 15.0 Å². The van der Waals surface area contributed by atoms with Crippen molar-refractivity contribution < 1.29 is 9.53 Å². The number of para-hydroxylation sites is 1. The largest absolute Gasteiger partial charge is 0.497 e. The van der Waals surface area contributed by atoms with Crippen LogP contribution in [0.5, 0.6) is 5.75 Å². The zero-order chi connectivity index (χ0) is 19.3. The number of carbonyl (C=O) groups is 1. The summed E-state index contributed by atoms with van der Waals surface area (Å²) in [4.78, 5) is 19.7. The second-order valence-electron chi connectivity index (χ2n) is 7.14. The van der Waals surface area contributed by atoms with Gasteiger partial charge in [-0.05, 0) is 49.1 Å². The standard InChI is InChI=1S/C22H25N3O2S/c1-27-18-8-4-6-16(14-18)11-12-23-21(26)17-7-5-13-25(15-17)22-24-19-9-2-3-10-20(19)28-22/h2-4,6,8-10,14,17H,5,7,11-13,15H2,1H3,(H,23,26). The number of thiazole rings is 1. The molecule has 2 heterocycles. The maximum atomic E-state index is 12.7. The number of aromatic nitrogens is 1. The third-order valence-electron chi connectivity index (χ3n) is 5.19. The molecule has 1 fully saturated rings. The summed E-state index contributed by atoms with van der Waals surface area (Å²) in [6.45, 7) is 2.35. The minimum Gasteiger partial charge on any atom is -0.497 e. The highest BCUT2D eigenvalue weighted by Gasteiger charge is 2.27. The number of ether oxygens (including phenoxy) is 1. The van der Waals surface area contributed by atoms with Gasteiger partial charge < -0.3 is 15.0 Å². The lowest BCUT2D eigenvalue weighted by Gasteiger charge is -2.31. The number of fused-ring (bicyclic) bond motifs is 1. The molecule has 0 radical (unpaired) electrons. The number of methoxy groups -OCH3 is 1. The van der Waals surface area contributed by atoms with Gasteiger partial charge in [-0.25, -0.2) is 4.98 Å². The second-order valence-corrected chi connectivity index (χ2v) is 8.15. The zero-order valence-electron chi connectivity index (χ0n) is 16.1. The van der Waals surface area contributed by atoms with Crippen molar-refractivity contribution in [2.24, 2.45) is 5.92 Å². The number of benzene rings is 2. The number of amides is 1. The van der Waals surface area contributed by atoms with E-state index in [4.69, 9.17) is 9.72 Å². The fraction of sp³-hybridized carbons (Fsp3) is 0.364. The van der Waals surface area contributed by atoms with Crippen molar-refractivity contribution in [2.75, 3.05) is 31.6 Å². The van der Waals surface area contributed by atoms with Crippen LogP contribution >= 0.6 is 11.3 Å². The van der Waals surface area contributed by atoms with Gasteiger partial charge >= 0.3 is 0 Å². The van der Waals surface area contributed by atoms with E-state index in [1.54, 1.807) is 18.4 Å². The van der Waals surface area contributed by atoms with Crippen LogP contribution in [0.2, 0.25) is 0 Å². The summed E-state index contributed by atoms with van der Waals surface area (Å²) in [6, 6.07) is 16.2. The molecule has 1 N–H and O–H groups in total. The van der Waals surface area contributed by atoms with Gasteiger partial charge in [0, 0.05) is 19.6 Å². The molecule has 1 aromatic heterocycles. The molecule has 0 bridgehead atoms. The summed E-state index contributed by atoms with van der Waals surface area (Å²) >= 11 is 1.71. The average molecular weight is 396 g/mol. The number of carbonyl (C=O) groups excluding carboxylic acids is 1. The fourth-order valence-corrected chi connectivity index (χ4v) is 4.66. The Bertz CT molecular complexity index is 923. The molecule has 1 saturated heterocycles. The molecule has 28 heavy (non-hydrogen) atoms. The second kappa shape index (κ2) is 8.61. The number of hydrogen-bond donors (Lipinski definition) is 1. The Balaban J connectivity index is 1.32. The highest BCUT2D eigenvalue weighted by atomic mass is 32.1. The normalized spacial score (nSPS) is 16.9. The quantitative estimate of drug-likeness (QED) is 0.688. The summed E-state index contributed by atoms with van der Waals surface area (Å²) in [5, 5.41) is 4.14. The van der Waals surface area contributed by atoms with Gasteiger partial charge in [0.05, 0.1) is 23.2 Å². The zero-order valence-corrected chi connectivity index (χ0v) is 16.9. The molecule has 146 valence electrons. The Labute approximate surface area is 169 Å². The first kappa shape index (κ1) is 18.7. The van der Waals surface area contributed by atoms with E-state index in [-0.39, 0.29) is 11.8 Å². The molecule has 6 heteroatoms. The van der Waals surface area contributed by atoms with E-state index in [1.165, 1.54) is 10.3 Å². The molecule has 1 aliphatic rings. The van der Waals surface area contributed by atoms with Crippen molar-refractivity contribution in [2.45, 2.75) is 19.3 Å². The molecular formula is C22H25N3O2S. The molecule has 0 saturated carbocycles. The lowest BCUT2D eigenvalue weighted by atomic mass is 9.97. The molecule has 0 spiro atoms. The van der Waals surface area contributed by atoms with Crippen molar-refractivity contribution in [3.8, 4) is 5.75 Å². The third kappa shape index (κ3) is 4.28. The highest BCUT2D eigenvalue weighted by molar-refractivity contribution is 7.22. The maximum absolute atomic E-state index is 12.7. The molecule has 3 aromatic rings. The van der Waals surface area contributed by atoms with Crippen LogP contribution in [0.15, 0.2) is 48.5 Å². The van der Waals surface area contributed by atoms with Gasteiger partial charge in [-0.15, -0.1) is 0 Å². The summed E-state index contributed by atoms with van der Waals surface area (Å²) < 4.78 is 6.45. The van der Waals surface area contributed by atoms with Crippen molar-refractivity contribution in [3.05, 3.63) is 54.1 Å². The van der Waals surface area contributed by atoms with Crippen LogP contribution in [0, 0.1) is 5.92 Å². The number of hydrogen-bond acceptors (Lipinski definition) is 5. The topological polar surface area (TPSA) is 54.5 Å². The fourth-order valence-electron chi connectivity index (χ4n) is 3.66. The van der Waals surface area contributed by atoms with E-state index in [0.717, 1.165) is 48.7 Å². The molecule has 1 aliphatic heterocycles. The smallest absolute Gasteiger partial charge is 0.224 e. The van der Waals surface area contributed by atoms with Crippen LogP contribution in [0.4, 0.5) is 5.13 Å². The molecule has 1 atom stereocenters. The van der Waals surface area contributed by atoms with E-state index in [9.17, 15) is 4.79 Å². The Morgan fingerprint density at radius 1 is 1.29 bits per heavy atom. The third-order valence-corrected chi connectivity index (χ3v) is 6.29. The summed E-state index contributed by atoms with van der Waals surface area (Å²) in [6.07, 6.45) is 2.76. The van der Waals surface area contributed by atoms with Crippen molar-refractivity contribution in [3.63, 3.8) is 0 Å². The van der Waals surface area contributed by atoms with Crippen LogP contribution in [0.25, 0.3) is 10.2 Å². The summed E-state index contributed by atoms with van der Waals surface area (Å²) in [5.41, 5.74) is 2.20. The Morgan fingerprint density at radius 3 is 3.04 bits per heavy atom. The SMILES string of the molecule is COc1cccc(CCNC(=O)C2CCCN(c3nc4ccccc4s3)C2)c1. The molecule has 5 nitrogen and oxygen atoms in total. The number of rotatable bonds is 6. The van der Waals surface area contributed by atoms with Crippen molar-refractivity contribution in [1.82, 2.24) is 10.3 Å². The Morgan fingerprint density at radius 2 is 2.18 bits per heavy atom. The summed E-state index contributed by atoms with van der Waals surface area (Å²) in [7, 11) is 1.67. The molecule has 4 rings (SSSR count). The molecule has 1 unspecified atom stereocenters. The van der Waals surface area contributed by atoms with Crippen molar-refractivity contribution >= 4 is 32.6 Å². The predicted octanol–water partition coefficient (Wildman–Crippen LogP) is 3.88. The number of nitrogens with zero attached hydrogens (tertiary/aromatic N) is 2. The number of nitrogens with one attached hydrogen (secondary N) is 1.